The zero-order valence-electron chi connectivity index (χ0n) is 14.6. The molecule has 2 aromatic rings. The van der Waals surface area contributed by atoms with Crippen LogP contribution in [-0.4, -0.2) is 45.4 Å². The van der Waals surface area contributed by atoms with Gasteiger partial charge >= 0.3 is 0 Å². The lowest BCUT2D eigenvalue weighted by Gasteiger charge is -2.33. The molecule has 2 aromatic heterocycles. The summed E-state index contributed by atoms with van der Waals surface area (Å²) >= 11 is 3.32. The molecule has 24 heavy (non-hydrogen) atoms. The lowest BCUT2D eigenvalue weighted by Crippen LogP contribution is -2.38. The number of hydrogen-bond acceptors (Lipinski definition) is 7. The lowest BCUT2D eigenvalue weighted by molar-refractivity contribution is 0.239. The quantitative estimate of drug-likeness (QED) is 0.812. The first-order valence-electron chi connectivity index (χ1n) is 8.74. The summed E-state index contributed by atoms with van der Waals surface area (Å²) in [5, 5.41) is 4.41. The van der Waals surface area contributed by atoms with Crippen molar-refractivity contribution >= 4 is 28.0 Å². The van der Waals surface area contributed by atoms with E-state index in [1.807, 2.05) is 6.20 Å². The van der Waals surface area contributed by atoms with E-state index >= 15 is 0 Å². The first-order chi connectivity index (χ1) is 11.6. The number of piperidine rings is 1. The Morgan fingerprint density at radius 3 is 2.79 bits per heavy atom. The van der Waals surface area contributed by atoms with Crippen molar-refractivity contribution in [2.45, 2.75) is 51.6 Å². The normalized spacial score (nSPS) is 22.7. The highest BCUT2D eigenvalue weighted by Crippen LogP contribution is 2.56. The predicted molar refractivity (Wildman–Crippen MR) is 99.9 cm³/mol. The summed E-state index contributed by atoms with van der Waals surface area (Å²) < 4.78 is 4.50. The van der Waals surface area contributed by atoms with Crippen LogP contribution >= 0.6 is 22.9 Å². The zero-order chi connectivity index (χ0) is 16.7. The first-order valence-corrected chi connectivity index (χ1v) is 10.4. The second-order valence-electron chi connectivity index (χ2n) is 7.50. The van der Waals surface area contributed by atoms with Gasteiger partial charge in [-0.05, 0) is 31.7 Å². The van der Waals surface area contributed by atoms with Crippen LogP contribution in [-0.2, 0) is 6.54 Å². The van der Waals surface area contributed by atoms with E-state index in [0.717, 1.165) is 36.6 Å². The number of rotatable bonds is 5. The lowest BCUT2D eigenvalue weighted by atomic mass is 9.92. The molecule has 0 bridgehead atoms. The van der Waals surface area contributed by atoms with Crippen LogP contribution in [0.25, 0.3) is 0 Å². The SMILES string of the molecule is CC(C)c1nsc(N2CCC3(CC2)CC3N(C)Cc2nccs2)n1. The monoisotopic (exact) mass is 363 g/mol. The standard InChI is InChI=1S/C17H25N5S2/c1-12(2)15-19-16(24-20-15)22-7-4-17(5-8-22)10-13(17)21(3)11-14-18-6-9-23-14/h6,9,12-13H,4-5,7-8,10-11H2,1-3H3. The van der Waals surface area contributed by atoms with Gasteiger partial charge in [0.2, 0.25) is 5.13 Å². The molecule has 1 saturated heterocycles. The fourth-order valence-electron chi connectivity index (χ4n) is 3.87. The van der Waals surface area contributed by atoms with Crippen LogP contribution in [0.2, 0.25) is 0 Å². The molecule has 1 unspecified atom stereocenters. The molecule has 1 atom stereocenters. The third-order valence-electron chi connectivity index (χ3n) is 5.52. The summed E-state index contributed by atoms with van der Waals surface area (Å²) in [6.45, 7) is 7.54. The fourth-order valence-corrected chi connectivity index (χ4v) is 5.41. The molecule has 1 aliphatic heterocycles. The Morgan fingerprint density at radius 1 is 1.38 bits per heavy atom. The molecule has 1 spiro atoms. The molecular weight excluding hydrogens is 338 g/mol. The largest absolute Gasteiger partial charge is 0.347 e. The molecule has 0 aromatic carbocycles. The van der Waals surface area contributed by atoms with E-state index in [1.165, 1.54) is 24.3 Å². The molecule has 130 valence electrons. The number of hydrogen-bond donors (Lipinski definition) is 0. The van der Waals surface area contributed by atoms with E-state index in [-0.39, 0.29) is 0 Å². The maximum absolute atomic E-state index is 4.72. The van der Waals surface area contributed by atoms with Crippen molar-refractivity contribution in [1.29, 1.82) is 0 Å². The Bertz CT molecular complexity index is 673. The van der Waals surface area contributed by atoms with Crippen molar-refractivity contribution in [3.63, 3.8) is 0 Å². The van der Waals surface area contributed by atoms with Gasteiger partial charge in [0, 0.05) is 48.2 Å². The van der Waals surface area contributed by atoms with Gasteiger partial charge in [-0.1, -0.05) is 13.8 Å². The molecule has 7 heteroatoms. The maximum atomic E-state index is 4.72. The van der Waals surface area contributed by atoms with Crippen LogP contribution in [0, 0.1) is 5.41 Å². The average Bonchev–Trinajstić information content (AvgIpc) is 2.99. The fraction of sp³-hybridized carbons (Fsp3) is 0.706. The summed E-state index contributed by atoms with van der Waals surface area (Å²) in [5.74, 6) is 1.40. The Labute approximate surface area is 151 Å². The van der Waals surface area contributed by atoms with Crippen LogP contribution in [0.5, 0.6) is 0 Å². The summed E-state index contributed by atoms with van der Waals surface area (Å²) in [6.07, 6.45) is 5.80. The number of nitrogens with zero attached hydrogens (tertiary/aromatic N) is 5. The van der Waals surface area contributed by atoms with Crippen molar-refractivity contribution in [1.82, 2.24) is 19.2 Å². The molecule has 0 amide bonds. The summed E-state index contributed by atoms with van der Waals surface area (Å²) in [5.41, 5.74) is 0.536. The third kappa shape index (κ3) is 3.09. The van der Waals surface area contributed by atoms with Gasteiger partial charge in [-0.15, -0.1) is 11.3 Å². The topological polar surface area (TPSA) is 45.2 Å². The van der Waals surface area contributed by atoms with Crippen molar-refractivity contribution in [2.24, 2.45) is 5.41 Å². The van der Waals surface area contributed by atoms with Crippen LogP contribution in [0.3, 0.4) is 0 Å². The van der Waals surface area contributed by atoms with E-state index in [0.29, 0.717) is 11.3 Å². The minimum Gasteiger partial charge on any atom is -0.347 e. The second-order valence-corrected chi connectivity index (χ2v) is 9.21. The molecule has 0 N–H and O–H groups in total. The summed E-state index contributed by atoms with van der Waals surface area (Å²) in [7, 11) is 2.26. The zero-order valence-corrected chi connectivity index (χ0v) is 16.2. The van der Waals surface area contributed by atoms with E-state index in [2.05, 4.69) is 45.4 Å². The van der Waals surface area contributed by atoms with E-state index in [1.54, 1.807) is 22.9 Å². The van der Waals surface area contributed by atoms with Gasteiger partial charge in [0.15, 0.2) is 0 Å². The highest BCUT2D eigenvalue weighted by atomic mass is 32.1. The highest BCUT2D eigenvalue weighted by molar-refractivity contribution is 7.09. The molecule has 5 nitrogen and oxygen atoms in total. The van der Waals surface area contributed by atoms with Crippen molar-refractivity contribution < 1.29 is 0 Å². The van der Waals surface area contributed by atoms with Gasteiger partial charge in [0.25, 0.3) is 0 Å². The van der Waals surface area contributed by atoms with Crippen LogP contribution in [0.4, 0.5) is 5.13 Å². The molecule has 0 radical (unpaired) electrons. The average molecular weight is 364 g/mol. The molecule has 2 fully saturated rings. The van der Waals surface area contributed by atoms with E-state index < -0.39 is 0 Å². The Morgan fingerprint density at radius 2 is 2.17 bits per heavy atom. The Balaban J connectivity index is 1.33. The van der Waals surface area contributed by atoms with Crippen LogP contribution < -0.4 is 4.90 Å². The molecule has 2 aliphatic rings. The summed E-state index contributed by atoms with van der Waals surface area (Å²) in [4.78, 5) is 14.1. The molecular formula is C17H25N5S2. The minimum absolute atomic E-state index is 0.415. The smallest absolute Gasteiger partial charge is 0.205 e. The molecule has 1 aliphatic carbocycles. The van der Waals surface area contributed by atoms with Gasteiger partial charge in [-0.2, -0.15) is 4.37 Å². The molecule has 4 rings (SSSR count). The van der Waals surface area contributed by atoms with Gasteiger partial charge in [-0.3, -0.25) is 4.90 Å². The Hall–Kier alpha value is -1.05. The van der Waals surface area contributed by atoms with Crippen LogP contribution in [0.15, 0.2) is 11.6 Å². The third-order valence-corrected chi connectivity index (χ3v) is 7.08. The molecule has 1 saturated carbocycles. The van der Waals surface area contributed by atoms with Gasteiger partial charge in [0.1, 0.15) is 10.8 Å². The van der Waals surface area contributed by atoms with Gasteiger partial charge < -0.3 is 4.90 Å². The number of aromatic nitrogens is 3. The van der Waals surface area contributed by atoms with E-state index in [4.69, 9.17) is 4.98 Å². The molecule has 3 heterocycles. The van der Waals surface area contributed by atoms with Crippen LogP contribution in [0.1, 0.15) is 49.9 Å². The van der Waals surface area contributed by atoms with Gasteiger partial charge in [0.05, 0.1) is 6.54 Å². The summed E-state index contributed by atoms with van der Waals surface area (Å²) in [6, 6.07) is 0.726. The maximum Gasteiger partial charge on any atom is 0.205 e. The first kappa shape index (κ1) is 16.4. The second kappa shape index (κ2) is 6.35. The minimum atomic E-state index is 0.415. The van der Waals surface area contributed by atoms with Crippen molar-refractivity contribution in [2.75, 3.05) is 25.0 Å². The number of thiazole rings is 1. The van der Waals surface area contributed by atoms with Crippen molar-refractivity contribution in [3.05, 3.63) is 22.4 Å². The number of anilines is 1. The van der Waals surface area contributed by atoms with Crippen molar-refractivity contribution in [3.8, 4) is 0 Å². The van der Waals surface area contributed by atoms with Gasteiger partial charge in [-0.25, -0.2) is 9.97 Å². The predicted octanol–water partition coefficient (Wildman–Crippen LogP) is 3.61. The van der Waals surface area contributed by atoms with E-state index in [9.17, 15) is 0 Å². The Kier molecular flexibility index (Phi) is 4.34. The highest BCUT2D eigenvalue weighted by Gasteiger charge is 2.56.